The molecule has 0 aromatic carbocycles. The molecule has 0 aromatic heterocycles. The van der Waals surface area contributed by atoms with Gasteiger partial charge in [-0.3, -0.25) is 0 Å². The molecule has 0 aliphatic heterocycles. The number of nitriles is 1. The van der Waals surface area contributed by atoms with Crippen LogP contribution in [-0.2, 0) is 0 Å². The molecule has 0 heterocycles. The van der Waals surface area contributed by atoms with Crippen molar-refractivity contribution in [1.82, 2.24) is 0 Å². The van der Waals surface area contributed by atoms with E-state index < -0.39 is 5.67 Å². The van der Waals surface area contributed by atoms with Crippen molar-refractivity contribution in [2.24, 2.45) is 5.41 Å². The number of hydrogen-bond acceptors (Lipinski definition) is 1. The minimum absolute atomic E-state index is 0.340. The molecule has 62 valence electrons. The summed E-state index contributed by atoms with van der Waals surface area (Å²) in [6.45, 7) is 1.96. The van der Waals surface area contributed by atoms with Crippen LogP contribution in [0.5, 0.6) is 0 Å². The minimum atomic E-state index is -1.14. The summed E-state index contributed by atoms with van der Waals surface area (Å²) in [5.74, 6) is 0. The van der Waals surface area contributed by atoms with Gasteiger partial charge in [-0.25, -0.2) is 4.39 Å². The molecule has 0 saturated heterocycles. The monoisotopic (exact) mass is 163 g/mol. The van der Waals surface area contributed by atoms with Gasteiger partial charge in [0, 0.05) is 11.0 Å². The van der Waals surface area contributed by atoms with Gasteiger partial charge in [-0.2, -0.15) is 5.26 Å². The second-order valence-corrected chi connectivity index (χ2v) is 3.59. The summed E-state index contributed by atoms with van der Waals surface area (Å²) in [4.78, 5) is 0. The fraction of sp³-hybridized carbons (Fsp3) is 0.500. The number of hydrogen-bond donors (Lipinski definition) is 0. The third-order valence-electron chi connectivity index (χ3n) is 2.99. The molecule has 0 spiro atoms. The van der Waals surface area contributed by atoms with E-state index in [9.17, 15) is 4.39 Å². The van der Waals surface area contributed by atoms with Gasteiger partial charge in [-0.05, 0) is 25.0 Å². The first-order chi connectivity index (χ1) is 5.66. The Kier molecular flexibility index (Phi) is 1.24. The zero-order chi connectivity index (χ0) is 8.82. The molecule has 0 bridgehead atoms. The Hall–Kier alpha value is -1.10. The second-order valence-electron chi connectivity index (χ2n) is 3.59. The summed E-state index contributed by atoms with van der Waals surface area (Å²) in [6.07, 6.45) is 6.24. The molecule has 2 rings (SSSR count). The Morgan fingerprint density at radius 1 is 1.75 bits per heavy atom. The van der Waals surface area contributed by atoms with Gasteiger partial charge < -0.3 is 0 Å². The van der Waals surface area contributed by atoms with E-state index in [0.717, 1.165) is 6.42 Å². The van der Waals surface area contributed by atoms with Crippen LogP contribution in [0.2, 0.25) is 0 Å². The minimum Gasteiger partial charge on any atom is -0.238 e. The van der Waals surface area contributed by atoms with Crippen molar-refractivity contribution < 1.29 is 4.39 Å². The van der Waals surface area contributed by atoms with Crippen LogP contribution in [0.4, 0.5) is 4.39 Å². The molecule has 0 N–H and O–H groups in total. The van der Waals surface area contributed by atoms with Gasteiger partial charge in [0.15, 0.2) is 0 Å². The van der Waals surface area contributed by atoms with Gasteiger partial charge in [0.25, 0.3) is 0 Å². The summed E-state index contributed by atoms with van der Waals surface area (Å²) in [7, 11) is 0. The summed E-state index contributed by atoms with van der Waals surface area (Å²) >= 11 is 0. The van der Waals surface area contributed by atoms with Crippen molar-refractivity contribution in [1.29, 1.82) is 5.26 Å². The predicted octanol–water partition coefficient (Wildman–Crippen LogP) is 2.51. The Morgan fingerprint density at radius 3 is 3.08 bits per heavy atom. The molecule has 2 heteroatoms. The van der Waals surface area contributed by atoms with Crippen molar-refractivity contribution in [3.63, 3.8) is 0 Å². The number of allylic oxidation sites excluding steroid dienone is 4. The van der Waals surface area contributed by atoms with Crippen LogP contribution in [0.3, 0.4) is 0 Å². The summed E-state index contributed by atoms with van der Waals surface area (Å²) in [5, 5.41) is 8.63. The molecule has 12 heavy (non-hydrogen) atoms. The zero-order valence-corrected chi connectivity index (χ0v) is 6.97. The van der Waals surface area contributed by atoms with Crippen LogP contribution in [0.15, 0.2) is 23.8 Å². The van der Waals surface area contributed by atoms with Crippen LogP contribution in [0, 0.1) is 16.7 Å². The van der Waals surface area contributed by atoms with Gasteiger partial charge in [0.2, 0.25) is 0 Å². The van der Waals surface area contributed by atoms with Crippen molar-refractivity contribution >= 4 is 0 Å². The Bertz CT molecular complexity index is 323. The number of rotatable bonds is 1. The zero-order valence-electron chi connectivity index (χ0n) is 6.97. The first kappa shape index (κ1) is 7.54. The smallest absolute Gasteiger partial charge is 0.139 e. The molecule has 1 fully saturated rings. The van der Waals surface area contributed by atoms with E-state index in [1.807, 2.05) is 13.0 Å². The number of fused-ring (bicyclic) bond motifs is 1. The summed E-state index contributed by atoms with van der Waals surface area (Å²) in [6, 6.07) is 2.04. The normalized spacial score (nSPS) is 42.9. The topological polar surface area (TPSA) is 23.8 Å². The Morgan fingerprint density at radius 2 is 2.50 bits per heavy atom. The second kappa shape index (κ2) is 1.98. The first-order valence-electron chi connectivity index (χ1n) is 4.17. The highest BCUT2D eigenvalue weighted by Crippen LogP contribution is 2.65. The number of nitrogens with zero attached hydrogens (tertiary/aromatic N) is 1. The van der Waals surface area contributed by atoms with E-state index in [-0.39, 0.29) is 5.41 Å². The third-order valence-corrected chi connectivity index (χ3v) is 2.99. The standard InChI is InChI=1S/C10H10FN/c1-2-9-5-8(6-12)3-4-10(9,11)7-9/h3-5H,2,7H2,1H3. The quantitative estimate of drug-likeness (QED) is 0.582. The van der Waals surface area contributed by atoms with Crippen molar-refractivity contribution in [2.75, 3.05) is 0 Å². The van der Waals surface area contributed by atoms with Gasteiger partial charge >= 0.3 is 0 Å². The van der Waals surface area contributed by atoms with Crippen LogP contribution in [-0.4, -0.2) is 5.67 Å². The maximum absolute atomic E-state index is 13.7. The lowest BCUT2D eigenvalue weighted by atomic mass is 9.92. The lowest BCUT2D eigenvalue weighted by molar-refractivity contribution is 0.306. The maximum atomic E-state index is 13.7. The highest BCUT2D eigenvalue weighted by atomic mass is 19.1. The molecule has 1 saturated carbocycles. The molecule has 2 atom stereocenters. The van der Waals surface area contributed by atoms with Crippen LogP contribution >= 0.6 is 0 Å². The van der Waals surface area contributed by atoms with Crippen LogP contribution < -0.4 is 0 Å². The summed E-state index contributed by atoms with van der Waals surface area (Å²) < 4.78 is 13.7. The van der Waals surface area contributed by atoms with E-state index in [1.165, 1.54) is 6.08 Å². The molecular weight excluding hydrogens is 153 g/mol. The largest absolute Gasteiger partial charge is 0.238 e. The van der Waals surface area contributed by atoms with Gasteiger partial charge in [-0.15, -0.1) is 0 Å². The Labute approximate surface area is 71.2 Å². The highest BCUT2D eigenvalue weighted by molar-refractivity contribution is 5.48. The number of halogens is 1. The summed E-state index contributed by atoms with van der Waals surface area (Å²) in [5.41, 5.74) is -0.878. The average molecular weight is 163 g/mol. The molecule has 0 amide bonds. The molecular formula is C10H10FN. The third kappa shape index (κ3) is 0.714. The highest BCUT2D eigenvalue weighted by Gasteiger charge is 2.66. The van der Waals surface area contributed by atoms with Crippen LogP contribution in [0.25, 0.3) is 0 Å². The SMILES string of the molecule is CCC12C=C(C#N)C=CC1(F)C2. The molecule has 1 nitrogen and oxygen atoms in total. The molecule has 2 aliphatic carbocycles. The van der Waals surface area contributed by atoms with Gasteiger partial charge in [0.05, 0.1) is 6.07 Å². The van der Waals surface area contributed by atoms with E-state index in [4.69, 9.17) is 5.26 Å². The van der Waals surface area contributed by atoms with Crippen molar-refractivity contribution in [3.8, 4) is 6.07 Å². The van der Waals surface area contributed by atoms with E-state index >= 15 is 0 Å². The van der Waals surface area contributed by atoms with Crippen molar-refractivity contribution in [3.05, 3.63) is 23.8 Å². The maximum Gasteiger partial charge on any atom is 0.139 e. The van der Waals surface area contributed by atoms with Crippen molar-refractivity contribution in [2.45, 2.75) is 25.4 Å². The lowest BCUT2D eigenvalue weighted by Gasteiger charge is -2.15. The predicted molar refractivity (Wildman–Crippen MR) is 44.0 cm³/mol. The molecule has 0 aromatic rings. The fourth-order valence-electron chi connectivity index (χ4n) is 1.97. The molecule has 2 aliphatic rings. The van der Waals surface area contributed by atoms with E-state index in [0.29, 0.717) is 12.0 Å². The van der Waals surface area contributed by atoms with Gasteiger partial charge in [0.1, 0.15) is 5.67 Å². The van der Waals surface area contributed by atoms with E-state index in [1.54, 1.807) is 12.2 Å². The van der Waals surface area contributed by atoms with E-state index in [2.05, 4.69) is 0 Å². The molecule has 2 unspecified atom stereocenters. The van der Waals surface area contributed by atoms with Crippen LogP contribution in [0.1, 0.15) is 19.8 Å². The number of alkyl halides is 1. The average Bonchev–Trinajstić information content (AvgIpc) is 2.70. The Balaban J connectivity index is 2.37. The fourth-order valence-corrected chi connectivity index (χ4v) is 1.97. The van der Waals surface area contributed by atoms with Gasteiger partial charge in [-0.1, -0.05) is 13.0 Å². The first-order valence-corrected chi connectivity index (χ1v) is 4.17. The lowest BCUT2D eigenvalue weighted by Crippen LogP contribution is -2.13. The molecule has 0 radical (unpaired) electrons.